The quantitative estimate of drug-likeness (QED) is 0.867. The zero-order valence-corrected chi connectivity index (χ0v) is 8.79. The third-order valence-electron chi connectivity index (χ3n) is 2.06. The lowest BCUT2D eigenvalue weighted by atomic mass is 10.1. The van der Waals surface area contributed by atoms with Crippen LogP contribution < -0.4 is 4.74 Å². The van der Waals surface area contributed by atoms with E-state index in [1.54, 1.807) is 25.1 Å². The van der Waals surface area contributed by atoms with Crippen LogP contribution in [-0.4, -0.2) is 17.9 Å². The number of aliphatic hydroxyl groups excluding tert-OH is 1. The molecule has 0 aromatic heterocycles. The first-order valence-corrected chi connectivity index (χ1v) is 4.90. The number of benzene rings is 1. The normalized spacial score (nSPS) is 13.6. The summed E-state index contributed by atoms with van der Waals surface area (Å²) in [6.07, 6.45) is -4.75. The Morgan fingerprint density at radius 2 is 1.94 bits per heavy atom. The Kier molecular flexibility index (Phi) is 4.18. The summed E-state index contributed by atoms with van der Waals surface area (Å²) >= 11 is 0. The molecule has 16 heavy (non-hydrogen) atoms. The number of hydrogen-bond donors (Lipinski definition) is 1. The van der Waals surface area contributed by atoms with E-state index in [1.807, 2.05) is 0 Å². The largest absolute Gasteiger partial charge is 0.484 e. The number of ether oxygens (including phenoxy) is 1. The molecule has 0 saturated heterocycles. The molecule has 1 unspecified atom stereocenters. The fourth-order valence-electron chi connectivity index (χ4n) is 1.27. The maximum Gasteiger partial charge on any atom is 0.422 e. The van der Waals surface area contributed by atoms with Gasteiger partial charge in [0.05, 0.1) is 6.10 Å². The Balaban J connectivity index is 2.79. The van der Waals surface area contributed by atoms with Crippen LogP contribution in [0, 0.1) is 0 Å². The topological polar surface area (TPSA) is 29.5 Å². The van der Waals surface area contributed by atoms with Crippen LogP contribution in [0.1, 0.15) is 25.0 Å². The summed E-state index contributed by atoms with van der Waals surface area (Å²) in [7, 11) is 0. The Hall–Kier alpha value is -1.23. The zero-order valence-electron chi connectivity index (χ0n) is 8.79. The first-order valence-electron chi connectivity index (χ1n) is 4.90. The summed E-state index contributed by atoms with van der Waals surface area (Å²) in [4.78, 5) is 0. The van der Waals surface area contributed by atoms with E-state index in [4.69, 9.17) is 0 Å². The van der Waals surface area contributed by atoms with Crippen LogP contribution in [0.2, 0.25) is 0 Å². The van der Waals surface area contributed by atoms with E-state index in [-0.39, 0.29) is 5.75 Å². The minimum Gasteiger partial charge on any atom is -0.484 e. The summed E-state index contributed by atoms with van der Waals surface area (Å²) < 4.78 is 40.5. The van der Waals surface area contributed by atoms with Gasteiger partial charge in [0.1, 0.15) is 5.75 Å². The summed E-state index contributed by atoms with van der Waals surface area (Å²) in [6, 6.07) is 6.19. The lowest BCUT2D eigenvalue weighted by Gasteiger charge is -2.15. The maximum absolute atomic E-state index is 12.0. The second kappa shape index (κ2) is 5.21. The molecule has 0 aliphatic heterocycles. The van der Waals surface area contributed by atoms with Gasteiger partial charge >= 0.3 is 6.18 Å². The van der Waals surface area contributed by atoms with Crippen molar-refractivity contribution in [2.45, 2.75) is 25.6 Å². The molecule has 1 aromatic rings. The van der Waals surface area contributed by atoms with E-state index in [1.165, 1.54) is 6.07 Å². The van der Waals surface area contributed by atoms with Crippen LogP contribution >= 0.6 is 0 Å². The van der Waals surface area contributed by atoms with E-state index in [9.17, 15) is 18.3 Å². The fourth-order valence-corrected chi connectivity index (χ4v) is 1.27. The van der Waals surface area contributed by atoms with Crippen molar-refractivity contribution in [3.8, 4) is 5.75 Å². The minimum atomic E-state index is -4.37. The molecule has 0 amide bonds. The fraction of sp³-hybridized carbons (Fsp3) is 0.455. The predicted octanol–water partition coefficient (Wildman–Crippen LogP) is 3.07. The summed E-state index contributed by atoms with van der Waals surface area (Å²) in [5, 5.41) is 9.58. The average Bonchev–Trinajstić information content (AvgIpc) is 2.25. The summed E-state index contributed by atoms with van der Waals surface area (Å²) in [6.45, 7) is 0.394. The molecule has 1 rings (SSSR count). The Morgan fingerprint density at radius 3 is 2.50 bits per heavy atom. The Morgan fingerprint density at radius 1 is 1.31 bits per heavy atom. The third kappa shape index (κ3) is 3.73. The van der Waals surface area contributed by atoms with Gasteiger partial charge in [-0.25, -0.2) is 0 Å². The molecule has 0 bridgehead atoms. The molecule has 0 radical (unpaired) electrons. The van der Waals surface area contributed by atoms with E-state index < -0.39 is 18.9 Å². The number of aliphatic hydroxyl groups is 1. The maximum atomic E-state index is 12.0. The van der Waals surface area contributed by atoms with Crippen LogP contribution in [-0.2, 0) is 0 Å². The number of rotatable bonds is 4. The van der Waals surface area contributed by atoms with E-state index in [0.29, 0.717) is 12.0 Å². The Bertz CT molecular complexity index is 336. The van der Waals surface area contributed by atoms with Gasteiger partial charge in [0, 0.05) is 5.56 Å². The molecule has 1 atom stereocenters. The highest BCUT2D eigenvalue weighted by atomic mass is 19.4. The smallest absolute Gasteiger partial charge is 0.422 e. The molecule has 90 valence electrons. The first kappa shape index (κ1) is 12.8. The average molecular weight is 234 g/mol. The second-order valence-corrected chi connectivity index (χ2v) is 3.37. The first-order chi connectivity index (χ1) is 7.44. The Labute approximate surface area is 91.7 Å². The highest BCUT2D eigenvalue weighted by Crippen LogP contribution is 2.28. The van der Waals surface area contributed by atoms with Gasteiger partial charge in [0.2, 0.25) is 0 Å². The van der Waals surface area contributed by atoms with E-state index >= 15 is 0 Å². The molecule has 0 fully saturated rings. The highest BCUT2D eigenvalue weighted by Gasteiger charge is 2.29. The SMILES string of the molecule is CCC(O)c1ccccc1OCC(F)(F)F. The standard InChI is InChI=1S/C11H13F3O2/c1-2-9(15)8-5-3-4-6-10(8)16-7-11(12,13)14/h3-6,9,15H,2,7H2,1H3. The van der Waals surface area contributed by atoms with Crippen molar-refractivity contribution in [3.05, 3.63) is 29.8 Å². The highest BCUT2D eigenvalue weighted by molar-refractivity contribution is 5.35. The predicted molar refractivity (Wildman–Crippen MR) is 53.2 cm³/mol. The van der Waals surface area contributed by atoms with Gasteiger partial charge in [-0.15, -0.1) is 0 Å². The molecule has 5 heteroatoms. The van der Waals surface area contributed by atoms with Crippen LogP contribution in [0.5, 0.6) is 5.75 Å². The van der Waals surface area contributed by atoms with E-state index in [2.05, 4.69) is 4.74 Å². The molecule has 1 aromatic carbocycles. The van der Waals surface area contributed by atoms with Crippen LogP contribution in [0.3, 0.4) is 0 Å². The van der Waals surface area contributed by atoms with Gasteiger partial charge in [-0.3, -0.25) is 0 Å². The van der Waals surface area contributed by atoms with Gasteiger partial charge in [-0.1, -0.05) is 25.1 Å². The van der Waals surface area contributed by atoms with Crippen molar-refractivity contribution in [2.75, 3.05) is 6.61 Å². The monoisotopic (exact) mass is 234 g/mol. The molecule has 2 nitrogen and oxygen atoms in total. The lowest BCUT2D eigenvalue weighted by molar-refractivity contribution is -0.153. The van der Waals surface area contributed by atoms with Crippen molar-refractivity contribution in [1.82, 2.24) is 0 Å². The van der Waals surface area contributed by atoms with Crippen molar-refractivity contribution >= 4 is 0 Å². The van der Waals surface area contributed by atoms with Gasteiger partial charge < -0.3 is 9.84 Å². The number of hydrogen-bond acceptors (Lipinski definition) is 2. The van der Waals surface area contributed by atoms with Crippen molar-refractivity contribution in [2.24, 2.45) is 0 Å². The van der Waals surface area contributed by atoms with Gasteiger partial charge in [0.15, 0.2) is 6.61 Å². The molecule has 0 aliphatic rings. The zero-order chi connectivity index (χ0) is 12.2. The molecular weight excluding hydrogens is 221 g/mol. The second-order valence-electron chi connectivity index (χ2n) is 3.37. The lowest BCUT2D eigenvalue weighted by Crippen LogP contribution is -2.20. The van der Waals surface area contributed by atoms with Crippen molar-refractivity contribution in [3.63, 3.8) is 0 Å². The molecule has 0 spiro atoms. The van der Waals surface area contributed by atoms with Gasteiger partial charge in [0.25, 0.3) is 0 Å². The molecule has 1 N–H and O–H groups in total. The molecule has 0 heterocycles. The number of para-hydroxylation sites is 1. The molecule has 0 aliphatic carbocycles. The molecule has 0 saturated carbocycles. The third-order valence-corrected chi connectivity index (χ3v) is 2.06. The van der Waals surface area contributed by atoms with Crippen molar-refractivity contribution in [1.29, 1.82) is 0 Å². The summed E-state index contributed by atoms with van der Waals surface area (Å²) in [5.41, 5.74) is 0.384. The van der Waals surface area contributed by atoms with E-state index in [0.717, 1.165) is 0 Å². The summed E-state index contributed by atoms with van der Waals surface area (Å²) in [5.74, 6) is 0.0779. The minimum absolute atomic E-state index is 0.0779. The number of alkyl halides is 3. The van der Waals surface area contributed by atoms with Crippen LogP contribution in [0.15, 0.2) is 24.3 Å². The van der Waals surface area contributed by atoms with Gasteiger partial charge in [-0.2, -0.15) is 13.2 Å². The number of halogens is 3. The molecular formula is C11H13F3O2. The van der Waals surface area contributed by atoms with Crippen molar-refractivity contribution < 1.29 is 23.0 Å². The van der Waals surface area contributed by atoms with Gasteiger partial charge in [-0.05, 0) is 12.5 Å². The van der Waals surface area contributed by atoms with Crippen LogP contribution in [0.25, 0.3) is 0 Å². The van der Waals surface area contributed by atoms with Crippen LogP contribution in [0.4, 0.5) is 13.2 Å².